The van der Waals surface area contributed by atoms with E-state index in [4.69, 9.17) is 30.3 Å². The van der Waals surface area contributed by atoms with Gasteiger partial charge in [-0.3, -0.25) is 19.2 Å². The summed E-state index contributed by atoms with van der Waals surface area (Å²) in [4.78, 5) is 41.2. The normalized spacial score (nSPS) is 9.05. The number of para-hydroxylation sites is 1. The molecule has 0 unspecified atom stereocenters. The van der Waals surface area contributed by atoms with E-state index in [0.29, 0.717) is 37.5 Å². The van der Waals surface area contributed by atoms with Gasteiger partial charge in [-0.2, -0.15) is 0 Å². The number of benzene rings is 3. The summed E-state index contributed by atoms with van der Waals surface area (Å²) >= 11 is 0. The predicted molar refractivity (Wildman–Crippen MR) is 133 cm³/mol. The minimum Gasteiger partial charge on any atom is -0.508 e. The molecule has 3 rings (SSSR count). The van der Waals surface area contributed by atoms with Gasteiger partial charge in [-0.25, -0.2) is 0 Å². The number of rotatable bonds is 6. The van der Waals surface area contributed by atoms with Crippen molar-refractivity contribution in [3.63, 3.8) is 0 Å². The molecule has 0 saturated heterocycles. The lowest BCUT2D eigenvalue weighted by Gasteiger charge is -2.05. The Bertz CT molecular complexity index is 1180. The van der Waals surface area contributed by atoms with E-state index in [-0.39, 0.29) is 39.5 Å². The van der Waals surface area contributed by atoms with Crippen LogP contribution in [0.25, 0.3) is 0 Å². The van der Waals surface area contributed by atoms with Crippen LogP contribution in [0.5, 0.6) is 40.2 Å². The van der Waals surface area contributed by atoms with E-state index < -0.39 is 17.2 Å². The van der Waals surface area contributed by atoms with Gasteiger partial charge in [0.05, 0.1) is 23.3 Å². The minimum absolute atomic E-state index is 0.0255. The molecule has 198 valence electrons. The summed E-state index contributed by atoms with van der Waals surface area (Å²) < 4.78 is 5.07. The first-order valence-corrected chi connectivity index (χ1v) is 10.7. The van der Waals surface area contributed by atoms with E-state index in [9.17, 15) is 24.3 Å². The molecule has 0 saturated carbocycles. The van der Waals surface area contributed by atoms with E-state index in [2.05, 4.69) is 0 Å². The lowest BCUT2D eigenvalue weighted by atomic mass is 10.1. The third-order valence-electron chi connectivity index (χ3n) is 4.12. The minimum atomic E-state index is -0.433. The summed E-state index contributed by atoms with van der Waals surface area (Å²) in [6.45, 7) is 6.28. The maximum atomic E-state index is 10.4. The van der Waals surface area contributed by atoms with Crippen LogP contribution in [-0.4, -0.2) is 62.4 Å². The molecule has 0 aliphatic rings. The van der Waals surface area contributed by atoms with Gasteiger partial charge < -0.3 is 35.4 Å². The number of aldehydes is 4. The van der Waals surface area contributed by atoms with Gasteiger partial charge in [-0.05, 0) is 25.1 Å². The van der Waals surface area contributed by atoms with Gasteiger partial charge in [0.25, 0.3) is 0 Å². The van der Waals surface area contributed by atoms with Gasteiger partial charge in [0, 0.05) is 23.8 Å². The van der Waals surface area contributed by atoms with Crippen molar-refractivity contribution in [2.75, 3.05) is 6.61 Å². The molecule has 3 aromatic carbocycles. The van der Waals surface area contributed by atoms with Crippen LogP contribution in [0.3, 0.4) is 0 Å². The molecule has 0 atom stereocenters. The molecule has 0 amide bonds. The average molecular weight is 516 g/mol. The Kier molecular flexibility index (Phi) is 14.3. The SMILES string of the molecule is CC.CCOc1cccc(C=O)c1O.O=Cc1c(O)cc(O)cc1O.O=Cc1cc(O)cc(O)c1C=O. The largest absolute Gasteiger partial charge is 0.508 e. The number of ether oxygens (including phenoxy) is 1. The topological polar surface area (TPSA) is 199 Å². The smallest absolute Gasteiger partial charge is 0.168 e. The summed E-state index contributed by atoms with van der Waals surface area (Å²) in [6.07, 6.45) is 1.66. The highest BCUT2D eigenvalue weighted by molar-refractivity contribution is 5.93. The summed E-state index contributed by atoms with van der Waals surface area (Å²) in [5, 5.41) is 53.9. The Morgan fingerprint density at radius 3 is 1.54 bits per heavy atom. The van der Waals surface area contributed by atoms with E-state index >= 15 is 0 Å². The van der Waals surface area contributed by atoms with Crippen LogP contribution in [0, 0.1) is 0 Å². The number of hydrogen-bond donors (Lipinski definition) is 6. The molecule has 6 N–H and O–H groups in total. The fraction of sp³-hybridized carbons (Fsp3) is 0.154. The molecule has 0 aliphatic carbocycles. The van der Waals surface area contributed by atoms with Crippen molar-refractivity contribution >= 4 is 25.1 Å². The first kappa shape index (κ1) is 31.9. The zero-order chi connectivity index (χ0) is 28.5. The van der Waals surface area contributed by atoms with Crippen LogP contribution in [0.15, 0.2) is 42.5 Å². The molecule has 0 fully saturated rings. The Labute approximate surface area is 212 Å². The molecule has 0 heterocycles. The highest BCUT2D eigenvalue weighted by atomic mass is 16.5. The van der Waals surface area contributed by atoms with E-state index in [1.807, 2.05) is 20.8 Å². The molecular weight excluding hydrogens is 488 g/mol. The van der Waals surface area contributed by atoms with Crippen LogP contribution in [-0.2, 0) is 0 Å². The maximum Gasteiger partial charge on any atom is 0.168 e. The van der Waals surface area contributed by atoms with Crippen molar-refractivity contribution in [2.24, 2.45) is 0 Å². The van der Waals surface area contributed by atoms with Crippen molar-refractivity contribution < 1.29 is 54.6 Å². The third kappa shape index (κ3) is 9.61. The first-order valence-electron chi connectivity index (χ1n) is 10.7. The molecule has 11 nitrogen and oxygen atoms in total. The van der Waals surface area contributed by atoms with Crippen LogP contribution in [0.1, 0.15) is 62.2 Å². The van der Waals surface area contributed by atoms with Crippen LogP contribution in [0.2, 0.25) is 0 Å². The van der Waals surface area contributed by atoms with Crippen molar-refractivity contribution in [1.82, 2.24) is 0 Å². The Hall–Kier alpha value is -5.06. The zero-order valence-corrected chi connectivity index (χ0v) is 20.3. The zero-order valence-electron chi connectivity index (χ0n) is 20.3. The number of hydrogen-bond acceptors (Lipinski definition) is 11. The summed E-state index contributed by atoms with van der Waals surface area (Å²) in [6, 6.07) is 8.87. The fourth-order valence-electron chi connectivity index (χ4n) is 2.51. The molecule has 0 aliphatic heterocycles. The molecule has 0 aromatic heterocycles. The van der Waals surface area contributed by atoms with E-state index in [1.54, 1.807) is 12.1 Å². The van der Waals surface area contributed by atoms with Gasteiger partial charge >= 0.3 is 0 Å². The van der Waals surface area contributed by atoms with Crippen LogP contribution < -0.4 is 4.74 Å². The monoisotopic (exact) mass is 516 g/mol. The summed E-state index contributed by atoms with van der Waals surface area (Å²) in [5.41, 5.74) is -0.103. The van der Waals surface area contributed by atoms with Gasteiger partial charge in [0.2, 0.25) is 0 Å². The highest BCUT2D eigenvalue weighted by Gasteiger charge is 2.09. The predicted octanol–water partition coefficient (Wildman–Crippen LogP) is 3.97. The summed E-state index contributed by atoms with van der Waals surface area (Å²) in [5.74, 6) is -1.54. The lowest BCUT2D eigenvalue weighted by Crippen LogP contribution is -1.93. The Morgan fingerprint density at radius 2 is 1.11 bits per heavy atom. The van der Waals surface area contributed by atoms with Gasteiger partial charge in [0.1, 0.15) is 28.7 Å². The second-order valence-corrected chi connectivity index (χ2v) is 6.46. The van der Waals surface area contributed by atoms with Crippen molar-refractivity contribution in [3.8, 4) is 40.2 Å². The molecule has 0 bridgehead atoms. The van der Waals surface area contributed by atoms with E-state index in [1.165, 1.54) is 6.07 Å². The van der Waals surface area contributed by atoms with E-state index in [0.717, 1.165) is 24.3 Å². The molecule has 37 heavy (non-hydrogen) atoms. The van der Waals surface area contributed by atoms with Crippen molar-refractivity contribution in [2.45, 2.75) is 20.8 Å². The van der Waals surface area contributed by atoms with Crippen LogP contribution >= 0.6 is 0 Å². The second kappa shape index (κ2) is 16.5. The Balaban J connectivity index is 0.000000508. The first-order chi connectivity index (χ1) is 17.6. The van der Waals surface area contributed by atoms with Gasteiger partial charge in [0.15, 0.2) is 36.6 Å². The summed E-state index contributed by atoms with van der Waals surface area (Å²) in [7, 11) is 0. The number of phenolic OH excluding ortho intramolecular Hbond substituents is 6. The maximum absolute atomic E-state index is 10.4. The van der Waals surface area contributed by atoms with Crippen molar-refractivity contribution in [3.05, 3.63) is 64.7 Å². The molecule has 0 spiro atoms. The van der Waals surface area contributed by atoms with Gasteiger partial charge in [-0.1, -0.05) is 19.9 Å². The third-order valence-corrected chi connectivity index (χ3v) is 4.12. The quantitative estimate of drug-likeness (QED) is 0.259. The van der Waals surface area contributed by atoms with Crippen molar-refractivity contribution in [1.29, 1.82) is 0 Å². The van der Waals surface area contributed by atoms with Gasteiger partial charge in [-0.15, -0.1) is 0 Å². The molecule has 3 aromatic rings. The number of carbonyl (C=O) groups excluding carboxylic acids is 4. The average Bonchev–Trinajstić information content (AvgIpc) is 2.86. The lowest BCUT2D eigenvalue weighted by molar-refractivity contribution is 0.109. The molecule has 11 heteroatoms. The number of aromatic hydroxyl groups is 6. The number of carbonyl (C=O) groups is 4. The number of phenols is 6. The second-order valence-electron chi connectivity index (χ2n) is 6.46. The fourth-order valence-corrected chi connectivity index (χ4v) is 2.51. The molecule has 0 radical (unpaired) electrons. The molecular formula is C26H28O11. The van der Waals surface area contributed by atoms with Crippen LogP contribution in [0.4, 0.5) is 0 Å². The Morgan fingerprint density at radius 1 is 0.649 bits per heavy atom. The standard InChI is InChI=1S/C9H10O3.C8H6O4.C7H6O4.C2H6/c1-2-12-8-5-3-4-7(6-10)9(8)11;9-3-5-1-6(11)2-8(12)7(5)4-10;8-3-5-6(10)1-4(9)2-7(5)11;1-2/h3-6,11H,2H2,1H3;1-4,11-12H;1-3,9-11H;1-2H3. The highest BCUT2D eigenvalue weighted by Crippen LogP contribution is 2.30.